The van der Waals surface area contributed by atoms with Crippen molar-refractivity contribution < 1.29 is 4.79 Å². The van der Waals surface area contributed by atoms with Gasteiger partial charge in [-0.25, -0.2) is 20.2 Å². The van der Waals surface area contributed by atoms with Gasteiger partial charge in [0.1, 0.15) is 5.82 Å². The number of urea groups is 1. The monoisotopic (exact) mass is 555 g/mol. The molecule has 0 atom stereocenters. The van der Waals surface area contributed by atoms with E-state index in [4.69, 9.17) is 33.2 Å². The first-order valence-electron chi connectivity index (χ1n) is 11.8. The number of thiophene rings is 1. The molecule has 3 N–H and O–H groups in total. The van der Waals surface area contributed by atoms with Gasteiger partial charge in [-0.2, -0.15) is 5.10 Å². The molecule has 4 aromatic rings. The number of aromatic nitrogens is 2. The molecule has 2 heterocycles. The van der Waals surface area contributed by atoms with Gasteiger partial charge in [-0.1, -0.05) is 49.2 Å². The first-order valence-corrected chi connectivity index (χ1v) is 13.5. The molecule has 0 radical (unpaired) electrons. The summed E-state index contributed by atoms with van der Waals surface area (Å²) in [6.45, 7) is 8.10. The molecule has 8 nitrogen and oxygen atoms in total. The van der Waals surface area contributed by atoms with E-state index in [9.17, 15) is 4.79 Å². The number of hydrogen-bond donors (Lipinski definition) is 3. The van der Waals surface area contributed by atoms with Crippen molar-refractivity contribution in [1.82, 2.24) is 20.3 Å². The Morgan fingerprint density at radius 3 is 2.62 bits per heavy atom. The summed E-state index contributed by atoms with van der Waals surface area (Å²) in [7, 11) is 0. The second kappa shape index (κ2) is 12.8. The summed E-state index contributed by atoms with van der Waals surface area (Å²) in [6.07, 6.45) is 1.43. The van der Waals surface area contributed by atoms with Gasteiger partial charge in [0.25, 0.3) is 0 Å². The minimum Gasteiger partial charge on any atom is -0.367 e. The molecule has 11 heteroatoms. The summed E-state index contributed by atoms with van der Waals surface area (Å²) in [6, 6.07) is 14.0. The van der Waals surface area contributed by atoms with E-state index in [-0.39, 0.29) is 0 Å². The maximum absolute atomic E-state index is 12.2. The summed E-state index contributed by atoms with van der Waals surface area (Å²) in [5.74, 6) is 1.46. The first-order chi connectivity index (χ1) is 18.0. The third kappa shape index (κ3) is 6.95. The number of rotatable bonds is 10. The maximum atomic E-state index is 12.2. The first kappa shape index (κ1) is 26.8. The fourth-order valence-corrected chi connectivity index (χ4v) is 4.78. The summed E-state index contributed by atoms with van der Waals surface area (Å²) in [5, 5.41) is 13.0. The van der Waals surface area contributed by atoms with Crippen molar-refractivity contribution in [2.24, 2.45) is 5.10 Å². The van der Waals surface area contributed by atoms with Crippen molar-refractivity contribution in [2.75, 3.05) is 36.8 Å². The molecule has 2 amide bonds. The molecule has 2 aromatic heterocycles. The van der Waals surface area contributed by atoms with E-state index in [1.54, 1.807) is 41.7 Å². The van der Waals surface area contributed by atoms with Crippen LogP contribution in [0.5, 0.6) is 0 Å². The summed E-state index contributed by atoms with van der Waals surface area (Å²) in [4.78, 5) is 24.1. The van der Waals surface area contributed by atoms with Gasteiger partial charge in [0.2, 0.25) is 0 Å². The number of amides is 2. The lowest BCUT2D eigenvalue weighted by Crippen LogP contribution is -2.28. The molecule has 0 bridgehead atoms. The molecule has 0 spiro atoms. The number of fused-ring (bicyclic) bond motifs is 1. The van der Waals surface area contributed by atoms with Gasteiger partial charge >= 0.3 is 6.03 Å². The van der Waals surface area contributed by atoms with Gasteiger partial charge in [-0.3, -0.25) is 0 Å². The highest BCUT2D eigenvalue weighted by molar-refractivity contribution is 7.17. The Morgan fingerprint density at radius 2 is 1.86 bits per heavy atom. The van der Waals surface area contributed by atoms with Gasteiger partial charge in [-0.05, 0) is 54.9 Å². The summed E-state index contributed by atoms with van der Waals surface area (Å²) >= 11 is 13.7. The minimum atomic E-state index is -0.488. The van der Waals surface area contributed by atoms with Crippen LogP contribution in [0.3, 0.4) is 0 Å². The van der Waals surface area contributed by atoms with Crippen LogP contribution >= 0.6 is 34.5 Å². The smallest absolute Gasteiger partial charge is 0.339 e. The Labute approximate surface area is 229 Å². The van der Waals surface area contributed by atoms with Crippen molar-refractivity contribution in [1.29, 1.82) is 0 Å². The van der Waals surface area contributed by atoms with Crippen LogP contribution in [0.25, 0.3) is 21.6 Å². The zero-order valence-corrected chi connectivity index (χ0v) is 22.8. The molecular formula is C26H27Cl2N7OS. The van der Waals surface area contributed by atoms with Gasteiger partial charge in [0.05, 0.1) is 26.5 Å². The van der Waals surface area contributed by atoms with Crippen LogP contribution in [-0.2, 0) is 0 Å². The van der Waals surface area contributed by atoms with Crippen LogP contribution in [0.2, 0.25) is 10.0 Å². The SMILES string of the molecule is CCN(CC)CCNc1nc(-c2ccc(NC(=O)N/N=C/c3cccc(Cl)c3Cl)cc2)nc2ccsc12. The van der Waals surface area contributed by atoms with Gasteiger partial charge < -0.3 is 15.5 Å². The molecular weight excluding hydrogens is 529 g/mol. The van der Waals surface area contributed by atoms with Crippen LogP contribution in [0.4, 0.5) is 16.3 Å². The number of nitrogens with one attached hydrogen (secondary N) is 3. The van der Waals surface area contributed by atoms with E-state index in [0.29, 0.717) is 27.1 Å². The average molecular weight is 557 g/mol. The predicted octanol–water partition coefficient (Wildman–Crippen LogP) is 6.57. The van der Waals surface area contributed by atoms with E-state index >= 15 is 0 Å². The number of anilines is 2. The molecule has 0 saturated heterocycles. The summed E-state index contributed by atoms with van der Waals surface area (Å²) < 4.78 is 1.04. The number of benzene rings is 2. The quantitative estimate of drug-likeness (QED) is 0.152. The Bertz CT molecular complexity index is 1390. The van der Waals surface area contributed by atoms with Gasteiger partial charge in [-0.15, -0.1) is 11.3 Å². The molecule has 2 aromatic carbocycles. The average Bonchev–Trinajstić information content (AvgIpc) is 3.38. The highest BCUT2D eigenvalue weighted by Gasteiger charge is 2.11. The lowest BCUT2D eigenvalue weighted by Gasteiger charge is -2.18. The minimum absolute atomic E-state index is 0.371. The highest BCUT2D eigenvalue weighted by atomic mass is 35.5. The molecule has 4 rings (SSSR count). The van der Waals surface area contributed by atoms with Crippen molar-refractivity contribution in [3.8, 4) is 11.4 Å². The van der Waals surface area contributed by atoms with E-state index in [2.05, 4.69) is 39.9 Å². The van der Waals surface area contributed by atoms with E-state index in [0.717, 1.165) is 47.8 Å². The molecule has 37 heavy (non-hydrogen) atoms. The Morgan fingerprint density at radius 1 is 1.08 bits per heavy atom. The van der Waals surface area contributed by atoms with Gasteiger partial charge in [0, 0.05) is 29.9 Å². The fraction of sp³-hybridized carbons (Fsp3) is 0.231. The fourth-order valence-electron chi connectivity index (χ4n) is 3.63. The van der Waals surface area contributed by atoms with Crippen molar-refractivity contribution in [3.05, 3.63) is 69.5 Å². The molecule has 0 aliphatic carbocycles. The Hall–Kier alpha value is -3.24. The second-order valence-electron chi connectivity index (χ2n) is 8.03. The highest BCUT2D eigenvalue weighted by Crippen LogP contribution is 2.29. The number of carbonyl (C=O) groups is 1. The van der Waals surface area contributed by atoms with Crippen molar-refractivity contribution in [2.45, 2.75) is 13.8 Å². The number of carbonyl (C=O) groups excluding carboxylic acids is 1. The topological polar surface area (TPSA) is 94.5 Å². The van der Waals surface area contributed by atoms with Crippen molar-refractivity contribution >= 4 is 68.5 Å². The zero-order chi connectivity index (χ0) is 26.2. The molecule has 0 fully saturated rings. The van der Waals surface area contributed by atoms with E-state index in [1.165, 1.54) is 6.21 Å². The van der Waals surface area contributed by atoms with Crippen LogP contribution in [0.1, 0.15) is 19.4 Å². The Kier molecular flexibility index (Phi) is 9.29. The number of hydrazone groups is 1. The third-order valence-electron chi connectivity index (χ3n) is 5.67. The third-order valence-corrected chi connectivity index (χ3v) is 7.41. The molecule has 0 aliphatic rings. The van der Waals surface area contributed by atoms with Crippen LogP contribution in [0.15, 0.2) is 59.0 Å². The van der Waals surface area contributed by atoms with Crippen molar-refractivity contribution in [3.63, 3.8) is 0 Å². The second-order valence-corrected chi connectivity index (χ2v) is 9.73. The maximum Gasteiger partial charge on any atom is 0.339 e. The van der Waals surface area contributed by atoms with Crippen LogP contribution < -0.4 is 16.1 Å². The van der Waals surface area contributed by atoms with E-state index < -0.39 is 6.03 Å². The predicted molar refractivity (Wildman–Crippen MR) is 155 cm³/mol. The van der Waals surface area contributed by atoms with Crippen LogP contribution in [0, 0.1) is 0 Å². The molecule has 0 saturated carbocycles. The summed E-state index contributed by atoms with van der Waals surface area (Å²) in [5.41, 5.74) is 5.37. The molecule has 0 unspecified atom stereocenters. The largest absolute Gasteiger partial charge is 0.367 e. The van der Waals surface area contributed by atoms with Gasteiger partial charge in [0.15, 0.2) is 5.82 Å². The normalized spacial score (nSPS) is 11.4. The molecule has 192 valence electrons. The number of hydrogen-bond acceptors (Lipinski definition) is 7. The molecule has 0 aliphatic heterocycles. The lowest BCUT2D eigenvalue weighted by atomic mass is 10.2. The Balaban J connectivity index is 1.40. The number of nitrogens with zero attached hydrogens (tertiary/aromatic N) is 4. The zero-order valence-electron chi connectivity index (χ0n) is 20.5. The van der Waals surface area contributed by atoms with Crippen LogP contribution in [-0.4, -0.2) is 53.3 Å². The standard InChI is InChI=1S/C26H27Cl2N7OS/c1-3-35(4-2)14-13-29-25-23-21(12-15-37-23)32-24(33-25)17-8-10-19(11-9-17)31-26(36)34-30-16-18-6-5-7-20(27)22(18)28/h5-12,15-16H,3-4,13-14H2,1-2H3,(H,29,32,33)(H2,31,34,36)/b30-16+. The van der Waals surface area contributed by atoms with E-state index in [1.807, 2.05) is 23.6 Å². The number of halogens is 2. The number of likely N-dealkylation sites (N-methyl/N-ethyl adjacent to an activating group) is 1. The lowest BCUT2D eigenvalue weighted by molar-refractivity contribution is 0.252.